The van der Waals surface area contributed by atoms with Gasteiger partial charge >= 0.3 is 0 Å². The number of rotatable bonds is 4. The highest BCUT2D eigenvalue weighted by molar-refractivity contribution is 6.30. The number of nitrogens with zero attached hydrogens (tertiary/aromatic N) is 2. The van der Waals surface area contributed by atoms with Gasteiger partial charge in [-0.25, -0.2) is 9.97 Å². The summed E-state index contributed by atoms with van der Waals surface area (Å²) in [5.41, 5.74) is 3.95. The third-order valence-corrected chi connectivity index (χ3v) is 5.27. The van der Waals surface area contributed by atoms with Gasteiger partial charge in [-0.3, -0.25) is 0 Å². The van der Waals surface area contributed by atoms with Gasteiger partial charge in [0.2, 0.25) is 0 Å². The van der Waals surface area contributed by atoms with Crippen molar-refractivity contribution in [3.63, 3.8) is 0 Å². The van der Waals surface area contributed by atoms with Crippen LogP contribution in [0.25, 0.3) is 10.9 Å². The van der Waals surface area contributed by atoms with Crippen molar-refractivity contribution in [1.29, 1.82) is 0 Å². The fraction of sp³-hybridized carbons (Fsp3) is 0.130. The molecule has 0 bridgehead atoms. The lowest BCUT2D eigenvalue weighted by molar-refractivity contribution is 0.468. The summed E-state index contributed by atoms with van der Waals surface area (Å²) in [6, 6.07) is 15.9. The van der Waals surface area contributed by atoms with Crippen LogP contribution in [-0.2, 0) is 0 Å². The molecular formula is C23H20ClN3O2. The molecule has 2 aromatic heterocycles. The monoisotopic (exact) mass is 405 g/mol. The molecule has 0 radical (unpaired) electrons. The molecule has 0 aliphatic heterocycles. The van der Waals surface area contributed by atoms with E-state index in [9.17, 15) is 10.2 Å². The minimum atomic E-state index is -0.471. The van der Waals surface area contributed by atoms with Gasteiger partial charge in [0.15, 0.2) is 11.6 Å². The maximum atomic E-state index is 11.1. The SMILES string of the molecule is Cc1cc2ccc(C(Nc3ncccc3O)c3ccc(Cl)cc3)c(O)c2nc1C. The van der Waals surface area contributed by atoms with E-state index in [1.807, 2.05) is 44.2 Å². The van der Waals surface area contributed by atoms with E-state index in [1.165, 1.54) is 0 Å². The van der Waals surface area contributed by atoms with Crippen molar-refractivity contribution in [2.75, 3.05) is 5.32 Å². The van der Waals surface area contributed by atoms with E-state index in [4.69, 9.17) is 11.6 Å². The van der Waals surface area contributed by atoms with E-state index in [1.54, 1.807) is 30.5 Å². The molecule has 4 aromatic rings. The smallest absolute Gasteiger partial charge is 0.169 e. The number of phenols is 1. The lowest BCUT2D eigenvalue weighted by Gasteiger charge is -2.22. The minimum Gasteiger partial charge on any atom is -0.505 e. The fourth-order valence-corrected chi connectivity index (χ4v) is 3.44. The fourth-order valence-electron chi connectivity index (χ4n) is 3.31. The summed E-state index contributed by atoms with van der Waals surface area (Å²) in [5.74, 6) is 0.435. The first kappa shape index (κ1) is 19.0. The number of pyridine rings is 2. The van der Waals surface area contributed by atoms with E-state index in [-0.39, 0.29) is 11.5 Å². The Labute approximate surface area is 173 Å². The molecule has 0 aliphatic rings. The van der Waals surface area contributed by atoms with Crippen LogP contribution >= 0.6 is 11.6 Å². The standard InChI is InChI=1S/C23H20ClN3O2/c1-13-12-16-7-10-18(22(29)21(16)26-14(13)2)20(15-5-8-17(24)9-6-15)27-23-19(28)4-3-11-25-23/h3-12,20,28-29H,1-2H3,(H,25,27). The first-order chi connectivity index (χ1) is 13.9. The van der Waals surface area contributed by atoms with Gasteiger partial charge in [0, 0.05) is 27.9 Å². The first-order valence-corrected chi connectivity index (χ1v) is 9.57. The van der Waals surface area contributed by atoms with Gasteiger partial charge < -0.3 is 15.5 Å². The van der Waals surface area contributed by atoms with Crippen molar-refractivity contribution in [2.45, 2.75) is 19.9 Å². The van der Waals surface area contributed by atoms with Crippen LogP contribution in [0.3, 0.4) is 0 Å². The van der Waals surface area contributed by atoms with Gasteiger partial charge in [0.1, 0.15) is 11.3 Å². The normalized spacial score (nSPS) is 12.1. The number of fused-ring (bicyclic) bond motifs is 1. The van der Waals surface area contributed by atoms with E-state index < -0.39 is 6.04 Å². The molecule has 29 heavy (non-hydrogen) atoms. The number of phenolic OH excluding ortho intramolecular Hbond substituents is 1. The van der Waals surface area contributed by atoms with Crippen LogP contribution < -0.4 is 5.32 Å². The van der Waals surface area contributed by atoms with E-state index in [0.29, 0.717) is 21.9 Å². The quantitative estimate of drug-likeness (QED) is 0.417. The summed E-state index contributed by atoms with van der Waals surface area (Å²) in [6.07, 6.45) is 1.59. The zero-order valence-electron chi connectivity index (χ0n) is 16.0. The van der Waals surface area contributed by atoms with Crippen LogP contribution in [0.4, 0.5) is 5.82 Å². The number of aromatic nitrogens is 2. The number of hydrogen-bond acceptors (Lipinski definition) is 5. The molecule has 0 saturated heterocycles. The Morgan fingerprint density at radius 2 is 1.76 bits per heavy atom. The van der Waals surface area contributed by atoms with Crippen LogP contribution in [0, 0.1) is 13.8 Å². The summed E-state index contributed by atoms with van der Waals surface area (Å²) in [4.78, 5) is 8.81. The second-order valence-corrected chi connectivity index (χ2v) is 7.40. The van der Waals surface area contributed by atoms with E-state index in [0.717, 1.165) is 22.2 Å². The molecule has 2 heterocycles. The Morgan fingerprint density at radius 3 is 2.48 bits per heavy atom. The van der Waals surface area contributed by atoms with Crippen molar-refractivity contribution in [3.05, 3.63) is 88.2 Å². The maximum absolute atomic E-state index is 11.1. The third-order valence-electron chi connectivity index (χ3n) is 5.02. The molecule has 0 amide bonds. The molecule has 6 heteroatoms. The van der Waals surface area contributed by atoms with Crippen LogP contribution in [0.5, 0.6) is 11.5 Å². The molecule has 146 valence electrons. The number of benzene rings is 2. The van der Waals surface area contributed by atoms with Crippen LogP contribution in [-0.4, -0.2) is 20.2 Å². The largest absolute Gasteiger partial charge is 0.505 e. The van der Waals surface area contributed by atoms with E-state index in [2.05, 4.69) is 15.3 Å². The van der Waals surface area contributed by atoms with Gasteiger partial charge in [-0.2, -0.15) is 0 Å². The predicted octanol–water partition coefficient (Wildman–Crippen LogP) is 5.51. The Kier molecular flexibility index (Phi) is 4.99. The Bertz CT molecular complexity index is 1190. The van der Waals surface area contributed by atoms with Gasteiger partial charge in [0.05, 0.1) is 6.04 Å². The molecule has 3 N–H and O–H groups in total. The molecule has 2 aromatic carbocycles. The van der Waals surface area contributed by atoms with Crippen LogP contribution in [0.15, 0.2) is 60.8 Å². The second-order valence-electron chi connectivity index (χ2n) is 6.97. The highest BCUT2D eigenvalue weighted by Crippen LogP contribution is 2.38. The maximum Gasteiger partial charge on any atom is 0.169 e. The topological polar surface area (TPSA) is 78.3 Å². The molecule has 0 spiro atoms. The molecule has 0 aliphatic carbocycles. The molecule has 1 atom stereocenters. The van der Waals surface area contributed by atoms with Crippen molar-refractivity contribution in [3.8, 4) is 11.5 Å². The predicted molar refractivity (Wildman–Crippen MR) is 116 cm³/mol. The number of hydrogen-bond donors (Lipinski definition) is 3. The van der Waals surface area contributed by atoms with Crippen LogP contribution in [0.2, 0.25) is 5.02 Å². The summed E-state index contributed by atoms with van der Waals surface area (Å²) in [5, 5.41) is 26.0. The lowest BCUT2D eigenvalue weighted by Crippen LogP contribution is -2.14. The average Bonchev–Trinajstić information content (AvgIpc) is 2.71. The number of nitrogens with one attached hydrogen (secondary N) is 1. The van der Waals surface area contributed by atoms with Crippen molar-refractivity contribution in [1.82, 2.24) is 9.97 Å². The van der Waals surface area contributed by atoms with Crippen LogP contribution in [0.1, 0.15) is 28.4 Å². The third kappa shape index (κ3) is 3.69. The second kappa shape index (κ2) is 7.60. The number of aromatic hydroxyl groups is 2. The molecule has 5 nitrogen and oxygen atoms in total. The summed E-state index contributed by atoms with van der Waals surface area (Å²) >= 11 is 6.06. The first-order valence-electron chi connectivity index (χ1n) is 9.20. The van der Waals surface area contributed by atoms with Gasteiger partial charge in [-0.1, -0.05) is 35.9 Å². The zero-order valence-corrected chi connectivity index (χ0v) is 16.8. The van der Waals surface area contributed by atoms with Gasteiger partial charge in [-0.15, -0.1) is 0 Å². The van der Waals surface area contributed by atoms with Crippen molar-refractivity contribution >= 4 is 28.3 Å². The van der Waals surface area contributed by atoms with Crippen molar-refractivity contribution in [2.24, 2.45) is 0 Å². The van der Waals surface area contributed by atoms with E-state index >= 15 is 0 Å². The lowest BCUT2D eigenvalue weighted by atomic mass is 9.95. The number of aryl methyl sites for hydroxylation is 2. The average molecular weight is 406 g/mol. The molecule has 4 rings (SSSR count). The molecular weight excluding hydrogens is 386 g/mol. The highest BCUT2D eigenvalue weighted by Gasteiger charge is 2.22. The Balaban J connectivity index is 1.88. The van der Waals surface area contributed by atoms with Crippen molar-refractivity contribution < 1.29 is 10.2 Å². The zero-order chi connectivity index (χ0) is 20.5. The Hall–Kier alpha value is -3.31. The summed E-state index contributed by atoms with van der Waals surface area (Å²) in [7, 11) is 0. The Morgan fingerprint density at radius 1 is 1.00 bits per heavy atom. The highest BCUT2D eigenvalue weighted by atomic mass is 35.5. The molecule has 0 saturated carbocycles. The number of anilines is 1. The number of halogens is 1. The minimum absolute atomic E-state index is 0.0244. The summed E-state index contributed by atoms with van der Waals surface area (Å²) in [6.45, 7) is 3.91. The molecule has 0 fully saturated rings. The molecule has 1 unspecified atom stereocenters. The van der Waals surface area contributed by atoms with Gasteiger partial charge in [-0.05, 0) is 55.3 Å². The van der Waals surface area contributed by atoms with Gasteiger partial charge in [0.25, 0.3) is 0 Å². The summed E-state index contributed by atoms with van der Waals surface area (Å²) < 4.78 is 0.